The van der Waals surface area contributed by atoms with Gasteiger partial charge >= 0.3 is 0 Å². The molecule has 0 radical (unpaired) electrons. The molecule has 2 N–H and O–H groups in total. The molecule has 1 saturated heterocycles. The molecule has 2 aliphatic rings. The Morgan fingerprint density at radius 1 is 1.20 bits per heavy atom. The van der Waals surface area contributed by atoms with Gasteiger partial charge in [-0.3, -0.25) is 4.79 Å². The molecule has 1 unspecified atom stereocenters. The van der Waals surface area contributed by atoms with E-state index in [1.54, 1.807) is 4.90 Å². The van der Waals surface area contributed by atoms with Crippen molar-refractivity contribution in [3.63, 3.8) is 0 Å². The normalized spacial score (nSPS) is 22.9. The lowest BCUT2D eigenvalue weighted by atomic mass is 9.89. The Hall–Kier alpha value is -1.55. The van der Waals surface area contributed by atoms with Crippen molar-refractivity contribution in [3.05, 3.63) is 29.8 Å². The van der Waals surface area contributed by atoms with E-state index in [-0.39, 0.29) is 17.4 Å². The molecular formula is C16H23N3O. The molecule has 4 nitrogen and oxygen atoms in total. The number of piperazine rings is 1. The van der Waals surface area contributed by atoms with Gasteiger partial charge < -0.3 is 15.5 Å². The van der Waals surface area contributed by atoms with E-state index in [1.807, 2.05) is 7.05 Å². The van der Waals surface area contributed by atoms with Crippen LogP contribution in [0, 0.1) is 0 Å². The molecule has 1 heterocycles. The minimum atomic E-state index is 0.189. The second-order valence-electron chi connectivity index (χ2n) is 6.23. The van der Waals surface area contributed by atoms with Crippen molar-refractivity contribution in [2.75, 3.05) is 31.6 Å². The van der Waals surface area contributed by atoms with Crippen LogP contribution in [0.25, 0.3) is 0 Å². The Labute approximate surface area is 120 Å². The molecule has 1 aliphatic carbocycles. The lowest BCUT2D eigenvalue weighted by Gasteiger charge is -2.33. The fourth-order valence-corrected chi connectivity index (χ4v) is 3.12. The predicted octanol–water partition coefficient (Wildman–Crippen LogP) is 1.34. The van der Waals surface area contributed by atoms with Crippen molar-refractivity contribution in [2.45, 2.75) is 31.2 Å². The van der Waals surface area contributed by atoms with Crippen molar-refractivity contribution in [2.24, 2.45) is 5.73 Å². The number of nitrogens with zero attached hydrogens (tertiary/aromatic N) is 2. The summed E-state index contributed by atoms with van der Waals surface area (Å²) in [6, 6.07) is 8.86. The standard InChI is InChI=1S/C16H23N3O/c1-12(17)16(7-8-16)13-3-5-14(6-4-13)19-10-9-18(2)15(20)11-19/h3-6,12H,7-11,17H2,1-2H3. The molecule has 1 atom stereocenters. The van der Waals surface area contributed by atoms with Crippen molar-refractivity contribution in [1.82, 2.24) is 4.90 Å². The zero-order valence-electron chi connectivity index (χ0n) is 12.3. The maximum absolute atomic E-state index is 11.8. The van der Waals surface area contributed by atoms with Crippen molar-refractivity contribution < 1.29 is 4.79 Å². The third-order valence-corrected chi connectivity index (χ3v) is 4.92. The third-order valence-electron chi connectivity index (χ3n) is 4.92. The second-order valence-corrected chi connectivity index (χ2v) is 6.23. The van der Waals surface area contributed by atoms with Gasteiger partial charge in [0.25, 0.3) is 0 Å². The van der Waals surface area contributed by atoms with Gasteiger partial charge in [-0.1, -0.05) is 12.1 Å². The summed E-state index contributed by atoms with van der Waals surface area (Å²) in [6.45, 7) is 4.28. The molecule has 3 rings (SSSR count). The average Bonchev–Trinajstić information content (AvgIpc) is 3.24. The summed E-state index contributed by atoms with van der Waals surface area (Å²) in [5, 5.41) is 0. The molecular weight excluding hydrogens is 250 g/mol. The van der Waals surface area contributed by atoms with E-state index in [4.69, 9.17) is 5.73 Å². The van der Waals surface area contributed by atoms with E-state index in [2.05, 4.69) is 36.1 Å². The Morgan fingerprint density at radius 2 is 1.85 bits per heavy atom. The number of likely N-dealkylation sites (N-methyl/N-ethyl adjacent to an activating group) is 1. The second kappa shape index (κ2) is 4.77. The molecule has 0 aromatic heterocycles. The molecule has 0 bridgehead atoms. The lowest BCUT2D eigenvalue weighted by Crippen LogP contribution is -2.48. The molecule has 1 aromatic carbocycles. The monoisotopic (exact) mass is 273 g/mol. The summed E-state index contributed by atoms with van der Waals surface area (Å²) >= 11 is 0. The Kier molecular flexibility index (Phi) is 3.21. The number of hydrogen-bond acceptors (Lipinski definition) is 3. The van der Waals surface area contributed by atoms with Crippen LogP contribution in [0.4, 0.5) is 5.69 Å². The quantitative estimate of drug-likeness (QED) is 0.904. The molecule has 1 aliphatic heterocycles. The van der Waals surface area contributed by atoms with Crippen LogP contribution in [0.3, 0.4) is 0 Å². The SMILES string of the molecule is CC(N)C1(c2ccc(N3CCN(C)C(=O)C3)cc2)CC1. The molecule has 0 spiro atoms. The predicted molar refractivity (Wildman–Crippen MR) is 80.9 cm³/mol. The summed E-state index contributed by atoms with van der Waals surface area (Å²) in [6.07, 6.45) is 2.38. The third kappa shape index (κ3) is 2.18. The number of rotatable bonds is 3. The highest BCUT2D eigenvalue weighted by atomic mass is 16.2. The first kappa shape index (κ1) is 13.4. The van der Waals surface area contributed by atoms with Gasteiger partial charge in [0.05, 0.1) is 6.54 Å². The van der Waals surface area contributed by atoms with Gasteiger partial charge in [-0.25, -0.2) is 0 Å². The molecule has 1 saturated carbocycles. The van der Waals surface area contributed by atoms with Crippen molar-refractivity contribution >= 4 is 11.6 Å². The van der Waals surface area contributed by atoms with Crippen molar-refractivity contribution in [1.29, 1.82) is 0 Å². The first-order chi connectivity index (χ1) is 9.53. The molecule has 2 fully saturated rings. The summed E-state index contributed by atoms with van der Waals surface area (Å²) in [5.41, 5.74) is 8.80. The maximum atomic E-state index is 11.8. The van der Waals surface area contributed by atoms with Crippen LogP contribution in [-0.4, -0.2) is 43.5 Å². The number of benzene rings is 1. The van der Waals surface area contributed by atoms with Crippen LogP contribution in [0.2, 0.25) is 0 Å². The smallest absolute Gasteiger partial charge is 0.241 e. The zero-order chi connectivity index (χ0) is 14.3. The Balaban J connectivity index is 1.75. The molecule has 20 heavy (non-hydrogen) atoms. The fourth-order valence-electron chi connectivity index (χ4n) is 3.12. The topological polar surface area (TPSA) is 49.6 Å². The number of hydrogen-bond donors (Lipinski definition) is 1. The maximum Gasteiger partial charge on any atom is 0.241 e. The molecule has 4 heteroatoms. The van der Waals surface area contributed by atoms with Gasteiger partial charge in [0.15, 0.2) is 0 Å². The zero-order valence-corrected chi connectivity index (χ0v) is 12.3. The number of amides is 1. The molecule has 108 valence electrons. The van der Waals surface area contributed by atoms with Crippen LogP contribution in [0.5, 0.6) is 0 Å². The molecule has 1 aromatic rings. The first-order valence-corrected chi connectivity index (χ1v) is 7.38. The fraction of sp³-hybridized carbons (Fsp3) is 0.562. The number of carbonyl (C=O) groups excluding carboxylic acids is 1. The van der Waals surface area contributed by atoms with Crippen LogP contribution < -0.4 is 10.6 Å². The van der Waals surface area contributed by atoms with E-state index in [9.17, 15) is 4.79 Å². The van der Waals surface area contributed by atoms with E-state index < -0.39 is 0 Å². The average molecular weight is 273 g/mol. The number of anilines is 1. The van der Waals surface area contributed by atoms with E-state index in [0.29, 0.717) is 6.54 Å². The van der Waals surface area contributed by atoms with Gasteiger partial charge in [0.1, 0.15) is 0 Å². The van der Waals surface area contributed by atoms with Crippen LogP contribution in [-0.2, 0) is 10.2 Å². The van der Waals surface area contributed by atoms with E-state index in [1.165, 1.54) is 18.4 Å². The largest absolute Gasteiger partial charge is 0.360 e. The Morgan fingerprint density at radius 3 is 2.35 bits per heavy atom. The first-order valence-electron chi connectivity index (χ1n) is 7.38. The van der Waals surface area contributed by atoms with Gasteiger partial charge in [0.2, 0.25) is 5.91 Å². The van der Waals surface area contributed by atoms with Gasteiger partial charge in [-0.2, -0.15) is 0 Å². The van der Waals surface area contributed by atoms with Crippen LogP contribution in [0.1, 0.15) is 25.3 Å². The van der Waals surface area contributed by atoms with Gasteiger partial charge in [0, 0.05) is 37.3 Å². The highest BCUT2D eigenvalue weighted by Crippen LogP contribution is 2.50. The van der Waals surface area contributed by atoms with Crippen LogP contribution >= 0.6 is 0 Å². The highest BCUT2D eigenvalue weighted by Gasteiger charge is 2.47. The van der Waals surface area contributed by atoms with E-state index in [0.717, 1.165) is 18.8 Å². The summed E-state index contributed by atoms with van der Waals surface area (Å²) in [4.78, 5) is 15.7. The van der Waals surface area contributed by atoms with Crippen molar-refractivity contribution in [3.8, 4) is 0 Å². The summed E-state index contributed by atoms with van der Waals surface area (Å²) < 4.78 is 0. The van der Waals surface area contributed by atoms with Gasteiger partial charge in [-0.15, -0.1) is 0 Å². The Bertz CT molecular complexity index is 505. The number of carbonyl (C=O) groups is 1. The van der Waals surface area contributed by atoms with Crippen LogP contribution in [0.15, 0.2) is 24.3 Å². The number of nitrogens with two attached hydrogens (primary N) is 1. The van der Waals surface area contributed by atoms with E-state index >= 15 is 0 Å². The van der Waals surface area contributed by atoms with Gasteiger partial charge in [-0.05, 0) is 37.5 Å². The highest BCUT2D eigenvalue weighted by molar-refractivity contribution is 5.82. The summed E-state index contributed by atoms with van der Waals surface area (Å²) in [5.74, 6) is 0.189. The lowest BCUT2D eigenvalue weighted by molar-refractivity contribution is -0.129. The minimum Gasteiger partial charge on any atom is -0.360 e. The summed E-state index contributed by atoms with van der Waals surface area (Å²) in [7, 11) is 1.86. The molecule has 1 amide bonds. The minimum absolute atomic E-state index is 0.189.